The van der Waals surface area contributed by atoms with Gasteiger partial charge >= 0.3 is 12.4 Å². The van der Waals surface area contributed by atoms with Crippen LogP contribution < -0.4 is 5.32 Å². The van der Waals surface area contributed by atoms with Crippen LogP contribution in [0.4, 0.5) is 31.5 Å². The van der Waals surface area contributed by atoms with E-state index in [0.717, 1.165) is 16.2 Å². The summed E-state index contributed by atoms with van der Waals surface area (Å²) >= 11 is 7.04. The number of alkyl halides is 6. The monoisotopic (exact) mass is 578 g/mol. The molecule has 0 aliphatic rings. The topological polar surface area (TPSA) is 75.2 Å². The number of amides is 2. The lowest BCUT2D eigenvalue weighted by Gasteiger charge is -2.29. The fraction of sp³-hybridized carbons (Fsp3) is 0.333. The molecule has 0 spiro atoms. The lowest BCUT2D eigenvalue weighted by atomic mass is 10.0. The van der Waals surface area contributed by atoms with Crippen molar-refractivity contribution in [2.24, 2.45) is 0 Å². The third-order valence-electron chi connectivity index (χ3n) is 5.54. The normalized spacial score (nSPS) is 12.8. The summed E-state index contributed by atoms with van der Waals surface area (Å²) in [6, 6.07) is 6.97. The number of halogens is 7. The second-order valence-electron chi connectivity index (χ2n) is 8.27. The number of nitrogens with one attached hydrogen (secondary N) is 1. The van der Waals surface area contributed by atoms with Crippen LogP contribution >= 0.6 is 22.9 Å². The Morgan fingerprint density at radius 3 is 2.21 bits per heavy atom. The van der Waals surface area contributed by atoms with Gasteiger partial charge in [0.25, 0.3) is 5.91 Å². The summed E-state index contributed by atoms with van der Waals surface area (Å²) in [5.41, 5.74) is -3.28. The van der Waals surface area contributed by atoms with Crippen LogP contribution in [0.25, 0.3) is 10.6 Å². The number of aromatic nitrogens is 2. The highest BCUT2D eigenvalue weighted by molar-refractivity contribution is 7.18. The Labute approximate surface area is 222 Å². The van der Waals surface area contributed by atoms with Gasteiger partial charge in [-0.25, -0.2) is 0 Å². The van der Waals surface area contributed by atoms with E-state index in [1.165, 1.54) is 0 Å². The Bertz CT molecular complexity index is 1280. The Morgan fingerprint density at radius 2 is 1.66 bits per heavy atom. The van der Waals surface area contributed by atoms with Gasteiger partial charge in [-0.05, 0) is 43.7 Å². The Hall–Kier alpha value is -3.19. The molecule has 204 valence electrons. The summed E-state index contributed by atoms with van der Waals surface area (Å²) in [6.45, 7) is 3.02. The molecule has 2 aromatic carbocycles. The van der Waals surface area contributed by atoms with Crippen LogP contribution in [0.1, 0.15) is 48.2 Å². The molecule has 14 heteroatoms. The number of hydrogen-bond acceptors (Lipinski definition) is 5. The van der Waals surface area contributed by atoms with Crippen molar-refractivity contribution in [3.63, 3.8) is 0 Å². The van der Waals surface area contributed by atoms with Crippen LogP contribution in [-0.4, -0.2) is 39.5 Å². The molecule has 0 aliphatic carbocycles. The predicted octanol–water partition coefficient (Wildman–Crippen LogP) is 7.17. The first kappa shape index (κ1) is 29.4. The van der Waals surface area contributed by atoms with Crippen LogP contribution in [0.2, 0.25) is 5.02 Å². The quantitative estimate of drug-likeness (QED) is 0.288. The van der Waals surface area contributed by atoms with Gasteiger partial charge in [-0.3, -0.25) is 9.59 Å². The second-order valence-corrected chi connectivity index (χ2v) is 9.69. The number of nitrogens with zero attached hydrogens (tertiary/aromatic N) is 3. The molecule has 1 N–H and O–H groups in total. The van der Waals surface area contributed by atoms with Crippen molar-refractivity contribution < 1.29 is 35.9 Å². The smallest absolute Gasteiger partial charge is 0.335 e. The van der Waals surface area contributed by atoms with E-state index >= 15 is 0 Å². The SMILES string of the molecule is CCC(C)N(CCC(=O)Nc1nnc(-c2cccc(Cl)c2)s1)C(=O)c1cc(C(F)(F)F)cc(C(F)(F)F)c1. The van der Waals surface area contributed by atoms with Crippen molar-refractivity contribution in [1.29, 1.82) is 0 Å². The molecular weight excluding hydrogens is 558 g/mol. The van der Waals surface area contributed by atoms with Gasteiger partial charge in [0.05, 0.1) is 11.1 Å². The minimum Gasteiger partial charge on any atom is -0.335 e. The summed E-state index contributed by atoms with van der Waals surface area (Å²) in [6.07, 6.45) is -10.1. The highest BCUT2D eigenvalue weighted by Gasteiger charge is 2.38. The molecule has 6 nitrogen and oxygen atoms in total. The van der Waals surface area contributed by atoms with Gasteiger partial charge in [0.2, 0.25) is 11.0 Å². The van der Waals surface area contributed by atoms with Crippen molar-refractivity contribution in [3.8, 4) is 10.6 Å². The number of hydrogen-bond donors (Lipinski definition) is 1. The summed E-state index contributed by atoms with van der Waals surface area (Å²) in [7, 11) is 0. The van der Waals surface area contributed by atoms with Gasteiger partial charge < -0.3 is 10.2 Å². The first-order valence-corrected chi connectivity index (χ1v) is 12.4. The van der Waals surface area contributed by atoms with E-state index in [0.29, 0.717) is 34.1 Å². The molecule has 1 unspecified atom stereocenters. The number of rotatable bonds is 8. The minimum atomic E-state index is -5.09. The average Bonchev–Trinajstić information content (AvgIpc) is 3.30. The highest BCUT2D eigenvalue weighted by Crippen LogP contribution is 2.37. The van der Waals surface area contributed by atoms with Crippen LogP contribution in [0, 0.1) is 0 Å². The number of anilines is 1. The largest absolute Gasteiger partial charge is 0.416 e. The van der Waals surface area contributed by atoms with Crippen molar-refractivity contribution in [1.82, 2.24) is 15.1 Å². The van der Waals surface area contributed by atoms with Crippen molar-refractivity contribution >= 4 is 39.9 Å². The van der Waals surface area contributed by atoms with Gasteiger partial charge in [-0.2, -0.15) is 26.3 Å². The maximum Gasteiger partial charge on any atom is 0.416 e. The molecular formula is C24H21ClF6N4O2S. The second kappa shape index (κ2) is 11.7. The fourth-order valence-electron chi connectivity index (χ4n) is 3.40. The molecule has 2 amide bonds. The van der Waals surface area contributed by atoms with Crippen molar-refractivity contribution in [2.75, 3.05) is 11.9 Å². The minimum absolute atomic E-state index is 0.0441. The maximum atomic E-state index is 13.3. The Kier molecular flexibility index (Phi) is 9.03. The standard InChI is InChI=1S/C24H21ClF6N4O2S/c1-3-13(2)35(21(37)15-9-16(23(26,27)28)12-17(10-15)24(29,30)31)8-7-19(36)32-22-34-33-20(38-22)14-5-4-6-18(25)11-14/h4-6,9-13H,3,7-8H2,1-2H3,(H,32,34,36). The predicted molar refractivity (Wildman–Crippen MR) is 131 cm³/mol. The third kappa shape index (κ3) is 7.44. The van der Waals surface area contributed by atoms with E-state index in [-0.39, 0.29) is 24.2 Å². The van der Waals surface area contributed by atoms with Crippen LogP contribution in [0.3, 0.4) is 0 Å². The van der Waals surface area contributed by atoms with Crippen molar-refractivity contribution in [2.45, 2.75) is 45.1 Å². The van der Waals surface area contributed by atoms with E-state index in [9.17, 15) is 35.9 Å². The van der Waals surface area contributed by atoms with Crippen LogP contribution in [-0.2, 0) is 17.1 Å². The van der Waals surface area contributed by atoms with E-state index in [2.05, 4.69) is 15.5 Å². The summed E-state index contributed by atoms with van der Waals surface area (Å²) < 4.78 is 79.5. The van der Waals surface area contributed by atoms with Gasteiger partial charge in [-0.1, -0.05) is 42.0 Å². The molecule has 3 rings (SSSR count). The van der Waals surface area contributed by atoms with Gasteiger partial charge in [0.1, 0.15) is 5.01 Å². The molecule has 1 atom stereocenters. The molecule has 0 aliphatic heterocycles. The third-order valence-corrected chi connectivity index (χ3v) is 6.66. The first-order chi connectivity index (χ1) is 17.7. The van der Waals surface area contributed by atoms with E-state index in [1.807, 2.05) is 0 Å². The summed E-state index contributed by atoms with van der Waals surface area (Å²) in [5.74, 6) is -1.62. The summed E-state index contributed by atoms with van der Waals surface area (Å²) in [5, 5.41) is 11.6. The zero-order chi connectivity index (χ0) is 28.3. The van der Waals surface area contributed by atoms with Crippen LogP contribution in [0.15, 0.2) is 42.5 Å². The zero-order valence-electron chi connectivity index (χ0n) is 20.0. The lowest BCUT2D eigenvalue weighted by Crippen LogP contribution is -2.40. The maximum absolute atomic E-state index is 13.3. The van der Waals surface area contributed by atoms with Gasteiger partial charge in [0, 0.05) is 35.2 Å². The van der Waals surface area contributed by atoms with E-state index in [4.69, 9.17) is 11.6 Å². The lowest BCUT2D eigenvalue weighted by molar-refractivity contribution is -0.143. The molecule has 3 aromatic rings. The molecule has 0 saturated carbocycles. The molecule has 0 radical (unpaired) electrons. The molecule has 0 fully saturated rings. The van der Waals surface area contributed by atoms with Crippen LogP contribution in [0.5, 0.6) is 0 Å². The molecule has 1 heterocycles. The molecule has 1 aromatic heterocycles. The Balaban J connectivity index is 1.76. The van der Waals surface area contributed by atoms with Gasteiger partial charge in [0.15, 0.2) is 0 Å². The fourth-order valence-corrected chi connectivity index (χ4v) is 4.35. The number of carbonyl (C=O) groups excluding carboxylic acids is 2. The molecule has 38 heavy (non-hydrogen) atoms. The average molecular weight is 579 g/mol. The first-order valence-electron chi connectivity index (χ1n) is 11.2. The zero-order valence-corrected chi connectivity index (χ0v) is 21.5. The summed E-state index contributed by atoms with van der Waals surface area (Å²) in [4.78, 5) is 26.7. The molecule has 0 saturated heterocycles. The van der Waals surface area contributed by atoms with Gasteiger partial charge in [-0.15, -0.1) is 10.2 Å². The number of benzene rings is 2. The highest BCUT2D eigenvalue weighted by atomic mass is 35.5. The molecule has 0 bridgehead atoms. The van der Waals surface area contributed by atoms with E-state index < -0.39 is 46.9 Å². The van der Waals surface area contributed by atoms with Crippen molar-refractivity contribution in [3.05, 3.63) is 64.2 Å². The Morgan fingerprint density at radius 1 is 1.03 bits per heavy atom. The van der Waals surface area contributed by atoms with E-state index in [1.54, 1.807) is 38.1 Å². The number of carbonyl (C=O) groups is 2.